The molecule has 0 aliphatic heterocycles. The second-order valence-corrected chi connectivity index (χ2v) is 4.35. The number of nitrogens with two attached hydrogens (primary N) is 1. The Morgan fingerprint density at radius 1 is 1.47 bits per heavy atom. The predicted molar refractivity (Wildman–Crippen MR) is 56.3 cm³/mol. The zero-order valence-electron chi connectivity index (χ0n) is 8.44. The first kappa shape index (κ1) is 8.85. The maximum atomic E-state index is 6.03. The van der Waals surface area contributed by atoms with Gasteiger partial charge in [-0.1, -0.05) is 5.16 Å². The van der Waals surface area contributed by atoms with Gasteiger partial charge in [0, 0.05) is 11.7 Å². The van der Waals surface area contributed by atoms with E-state index in [2.05, 4.69) is 10.1 Å². The number of aromatic nitrogens is 2. The molecular formula is C11H13N3O. The van der Waals surface area contributed by atoms with Crippen molar-refractivity contribution in [2.45, 2.75) is 31.2 Å². The highest BCUT2D eigenvalue weighted by Gasteiger charge is 2.37. The first-order valence-corrected chi connectivity index (χ1v) is 5.25. The van der Waals surface area contributed by atoms with Gasteiger partial charge < -0.3 is 10.3 Å². The predicted octanol–water partition coefficient (Wildman–Crippen LogP) is 1.65. The highest BCUT2D eigenvalue weighted by molar-refractivity contribution is 5.75. The summed E-state index contributed by atoms with van der Waals surface area (Å²) in [5.41, 5.74) is 7.71. The molecule has 0 unspecified atom stereocenters. The molecule has 0 spiro atoms. The molecule has 4 heteroatoms. The van der Waals surface area contributed by atoms with Crippen molar-refractivity contribution in [1.82, 2.24) is 10.1 Å². The quantitative estimate of drug-likeness (QED) is 0.823. The third-order valence-electron chi connectivity index (χ3n) is 3.08. The average Bonchev–Trinajstić information content (AvgIpc) is 2.86. The number of hydrogen-bond donors (Lipinski definition) is 1. The molecule has 15 heavy (non-hydrogen) atoms. The molecular weight excluding hydrogens is 190 g/mol. The second kappa shape index (κ2) is 3.03. The molecule has 1 aliphatic rings. The summed E-state index contributed by atoms with van der Waals surface area (Å²) >= 11 is 0. The Labute approximate surface area is 87.5 Å². The second-order valence-electron chi connectivity index (χ2n) is 4.35. The molecule has 0 saturated heterocycles. The van der Waals surface area contributed by atoms with Crippen LogP contribution < -0.4 is 5.73 Å². The molecule has 0 bridgehead atoms. The standard InChI is InChI=1S/C11H13N3O/c12-11(5-6-11)4-3-9-8-2-1-7-13-10(8)15-14-9/h1-2,7H,3-6,12H2. The van der Waals surface area contributed by atoms with E-state index in [-0.39, 0.29) is 5.54 Å². The molecule has 78 valence electrons. The van der Waals surface area contributed by atoms with Gasteiger partial charge in [-0.05, 0) is 37.8 Å². The van der Waals surface area contributed by atoms with Crippen LogP contribution in [0.2, 0.25) is 0 Å². The van der Waals surface area contributed by atoms with Gasteiger partial charge >= 0.3 is 0 Å². The molecule has 0 atom stereocenters. The minimum Gasteiger partial charge on any atom is -0.336 e. The van der Waals surface area contributed by atoms with E-state index in [1.165, 1.54) is 0 Å². The Balaban J connectivity index is 1.84. The average molecular weight is 203 g/mol. The van der Waals surface area contributed by atoms with Gasteiger partial charge in [0.15, 0.2) is 0 Å². The zero-order chi connectivity index (χ0) is 10.3. The van der Waals surface area contributed by atoms with Crippen LogP contribution in [0, 0.1) is 0 Å². The van der Waals surface area contributed by atoms with E-state index < -0.39 is 0 Å². The van der Waals surface area contributed by atoms with Gasteiger partial charge in [0.1, 0.15) is 0 Å². The lowest BCUT2D eigenvalue weighted by atomic mass is 10.1. The van der Waals surface area contributed by atoms with Crippen LogP contribution in [-0.2, 0) is 6.42 Å². The van der Waals surface area contributed by atoms with Gasteiger partial charge in [0.2, 0.25) is 0 Å². The number of fused-ring (bicyclic) bond motifs is 1. The summed E-state index contributed by atoms with van der Waals surface area (Å²) in [6, 6.07) is 3.89. The van der Waals surface area contributed by atoms with Crippen molar-refractivity contribution in [1.29, 1.82) is 0 Å². The summed E-state index contributed by atoms with van der Waals surface area (Å²) in [5, 5.41) is 5.05. The Morgan fingerprint density at radius 2 is 2.33 bits per heavy atom. The fraction of sp³-hybridized carbons (Fsp3) is 0.455. The SMILES string of the molecule is NC1(CCc2noc3ncccc23)CC1. The lowest BCUT2D eigenvalue weighted by Gasteiger charge is -2.05. The number of rotatable bonds is 3. The molecule has 0 amide bonds. The van der Waals surface area contributed by atoms with Crippen LogP contribution >= 0.6 is 0 Å². The van der Waals surface area contributed by atoms with E-state index in [1.54, 1.807) is 6.20 Å². The summed E-state index contributed by atoms with van der Waals surface area (Å²) in [7, 11) is 0. The molecule has 3 rings (SSSR count). The summed E-state index contributed by atoms with van der Waals surface area (Å²) in [6.45, 7) is 0. The van der Waals surface area contributed by atoms with Crippen LogP contribution in [0.1, 0.15) is 25.0 Å². The third kappa shape index (κ3) is 1.61. The summed E-state index contributed by atoms with van der Waals surface area (Å²) in [4.78, 5) is 4.10. The van der Waals surface area contributed by atoms with E-state index in [0.717, 1.165) is 36.8 Å². The number of pyridine rings is 1. The summed E-state index contributed by atoms with van der Waals surface area (Å²) in [5.74, 6) is 0. The maximum Gasteiger partial charge on any atom is 0.257 e. The van der Waals surface area contributed by atoms with Gasteiger partial charge in [0.05, 0.1) is 11.1 Å². The highest BCUT2D eigenvalue weighted by atomic mass is 16.5. The molecule has 2 aromatic rings. The molecule has 1 fully saturated rings. The molecule has 4 nitrogen and oxygen atoms in total. The van der Waals surface area contributed by atoms with Gasteiger partial charge in [0.25, 0.3) is 5.71 Å². The van der Waals surface area contributed by atoms with Crippen molar-refractivity contribution >= 4 is 11.1 Å². The Kier molecular flexibility index (Phi) is 1.79. The maximum absolute atomic E-state index is 6.03. The van der Waals surface area contributed by atoms with Crippen molar-refractivity contribution in [2.24, 2.45) is 5.73 Å². The lowest BCUT2D eigenvalue weighted by molar-refractivity contribution is 0.435. The smallest absolute Gasteiger partial charge is 0.257 e. The van der Waals surface area contributed by atoms with Gasteiger partial charge in [-0.25, -0.2) is 4.98 Å². The molecule has 2 heterocycles. The minimum atomic E-state index is 0.0769. The van der Waals surface area contributed by atoms with Crippen molar-refractivity contribution in [2.75, 3.05) is 0 Å². The molecule has 1 saturated carbocycles. The minimum absolute atomic E-state index is 0.0769. The molecule has 1 aliphatic carbocycles. The number of hydrogen-bond acceptors (Lipinski definition) is 4. The normalized spacial score (nSPS) is 18.2. The van der Waals surface area contributed by atoms with E-state index in [1.807, 2.05) is 12.1 Å². The Hall–Kier alpha value is -1.42. The monoisotopic (exact) mass is 203 g/mol. The van der Waals surface area contributed by atoms with Crippen LogP contribution in [0.4, 0.5) is 0 Å². The number of nitrogens with zero attached hydrogens (tertiary/aromatic N) is 2. The fourth-order valence-electron chi connectivity index (χ4n) is 1.79. The van der Waals surface area contributed by atoms with Crippen LogP contribution in [0.5, 0.6) is 0 Å². The van der Waals surface area contributed by atoms with Gasteiger partial charge in [-0.15, -0.1) is 0 Å². The zero-order valence-corrected chi connectivity index (χ0v) is 8.44. The van der Waals surface area contributed by atoms with E-state index in [9.17, 15) is 0 Å². The first-order chi connectivity index (χ1) is 7.27. The topological polar surface area (TPSA) is 64.9 Å². The first-order valence-electron chi connectivity index (χ1n) is 5.25. The molecule has 0 aromatic carbocycles. The van der Waals surface area contributed by atoms with Crippen molar-refractivity contribution in [3.63, 3.8) is 0 Å². The van der Waals surface area contributed by atoms with Crippen LogP contribution in [0.3, 0.4) is 0 Å². The number of aryl methyl sites for hydroxylation is 1. The van der Waals surface area contributed by atoms with Crippen molar-refractivity contribution in [3.8, 4) is 0 Å². The van der Waals surface area contributed by atoms with E-state index in [4.69, 9.17) is 10.3 Å². The summed E-state index contributed by atoms with van der Waals surface area (Å²) < 4.78 is 5.13. The third-order valence-corrected chi connectivity index (χ3v) is 3.08. The van der Waals surface area contributed by atoms with Gasteiger partial charge in [-0.3, -0.25) is 0 Å². The molecule has 2 aromatic heterocycles. The van der Waals surface area contributed by atoms with E-state index >= 15 is 0 Å². The van der Waals surface area contributed by atoms with Crippen LogP contribution in [0.25, 0.3) is 11.1 Å². The fourth-order valence-corrected chi connectivity index (χ4v) is 1.79. The largest absolute Gasteiger partial charge is 0.336 e. The highest BCUT2D eigenvalue weighted by Crippen LogP contribution is 2.36. The Morgan fingerprint density at radius 3 is 3.13 bits per heavy atom. The van der Waals surface area contributed by atoms with Gasteiger partial charge in [-0.2, -0.15) is 0 Å². The van der Waals surface area contributed by atoms with E-state index in [0.29, 0.717) is 5.71 Å². The van der Waals surface area contributed by atoms with Crippen molar-refractivity contribution in [3.05, 3.63) is 24.0 Å². The van der Waals surface area contributed by atoms with Crippen LogP contribution in [0.15, 0.2) is 22.9 Å². The molecule has 0 radical (unpaired) electrons. The summed E-state index contributed by atoms with van der Waals surface area (Å²) in [6.07, 6.45) is 5.86. The molecule has 2 N–H and O–H groups in total. The van der Waals surface area contributed by atoms with Crippen LogP contribution in [-0.4, -0.2) is 15.7 Å². The Bertz CT molecular complexity index is 487. The van der Waals surface area contributed by atoms with Crippen molar-refractivity contribution < 1.29 is 4.52 Å². The lowest BCUT2D eigenvalue weighted by Crippen LogP contribution is -2.22.